The van der Waals surface area contributed by atoms with E-state index in [1.54, 1.807) is 19.9 Å². The summed E-state index contributed by atoms with van der Waals surface area (Å²) < 4.78 is 5.07. The molecule has 0 radical (unpaired) electrons. The van der Waals surface area contributed by atoms with Gasteiger partial charge in [-0.05, 0) is 6.42 Å². The van der Waals surface area contributed by atoms with Gasteiger partial charge in [0.1, 0.15) is 0 Å². The molecule has 0 bridgehead atoms. The highest BCUT2D eigenvalue weighted by Gasteiger charge is 2.32. The van der Waals surface area contributed by atoms with E-state index in [0.717, 1.165) is 0 Å². The third-order valence-electron chi connectivity index (χ3n) is 3.16. The van der Waals surface area contributed by atoms with E-state index in [1.807, 2.05) is 20.8 Å². The van der Waals surface area contributed by atoms with Crippen LogP contribution < -0.4 is 5.32 Å². The lowest BCUT2D eigenvalue weighted by Gasteiger charge is -2.27. The fourth-order valence-corrected chi connectivity index (χ4v) is 1.58. The van der Waals surface area contributed by atoms with E-state index in [4.69, 9.17) is 4.52 Å². The first-order chi connectivity index (χ1) is 8.28. The van der Waals surface area contributed by atoms with E-state index in [1.165, 1.54) is 0 Å². The van der Waals surface area contributed by atoms with Gasteiger partial charge in [-0.25, -0.2) is 0 Å². The quantitative estimate of drug-likeness (QED) is 0.845. The van der Waals surface area contributed by atoms with Crippen LogP contribution in [-0.4, -0.2) is 22.3 Å². The number of hydrogen-bond donors (Lipinski definition) is 2. The average Bonchev–Trinajstić information content (AvgIpc) is 2.76. The number of carbonyl (C=O) groups is 1. The molecule has 1 heterocycles. The van der Waals surface area contributed by atoms with Gasteiger partial charge in [-0.2, -0.15) is 0 Å². The van der Waals surface area contributed by atoms with Crippen molar-refractivity contribution in [3.8, 4) is 0 Å². The van der Waals surface area contributed by atoms with Crippen molar-refractivity contribution < 1.29 is 14.4 Å². The Hall–Kier alpha value is -1.36. The van der Waals surface area contributed by atoms with E-state index >= 15 is 0 Å². The fourth-order valence-electron chi connectivity index (χ4n) is 1.58. The molecule has 0 aliphatic rings. The molecule has 0 aromatic carbocycles. The normalized spacial score (nSPS) is 13.7. The average molecular weight is 254 g/mol. The number of nitrogens with one attached hydrogen (secondary N) is 1. The van der Waals surface area contributed by atoms with E-state index in [9.17, 15) is 9.90 Å². The summed E-state index contributed by atoms with van der Waals surface area (Å²) in [4.78, 5) is 11.5. The minimum Gasteiger partial charge on any atom is -0.392 e. The minimum absolute atomic E-state index is 0.118. The first-order valence-corrected chi connectivity index (χ1v) is 6.25. The standard InChI is InChI=1S/C13H22N2O3/c1-6-10(16)13(4,5)9-7-11(18-15-9)14-12(17)8(2)3/h7-8,10,16H,6H2,1-5H3,(H,14,17). The molecule has 1 amide bonds. The van der Waals surface area contributed by atoms with Crippen LogP contribution in [0.5, 0.6) is 0 Å². The molecule has 0 saturated heterocycles. The lowest BCUT2D eigenvalue weighted by atomic mass is 9.82. The lowest BCUT2D eigenvalue weighted by Crippen LogP contribution is -2.33. The molecule has 1 rings (SSSR count). The maximum atomic E-state index is 11.5. The van der Waals surface area contributed by atoms with Gasteiger partial charge in [-0.15, -0.1) is 0 Å². The summed E-state index contributed by atoms with van der Waals surface area (Å²) in [7, 11) is 0. The van der Waals surface area contributed by atoms with Crippen molar-refractivity contribution in [1.29, 1.82) is 0 Å². The van der Waals surface area contributed by atoms with Gasteiger partial charge in [0.2, 0.25) is 11.8 Å². The summed E-state index contributed by atoms with van der Waals surface area (Å²) in [5.41, 5.74) is 0.134. The molecule has 2 N–H and O–H groups in total. The number of aliphatic hydroxyl groups excluding tert-OH is 1. The van der Waals surface area contributed by atoms with Crippen LogP contribution in [0.3, 0.4) is 0 Å². The smallest absolute Gasteiger partial charge is 0.231 e. The van der Waals surface area contributed by atoms with E-state index in [2.05, 4.69) is 10.5 Å². The summed E-state index contributed by atoms with van der Waals surface area (Å²) in [5, 5.41) is 16.5. The van der Waals surface area contributed by atoms with Crippen molar-refractivity contribution in [1.82, 2.24) is 5.16 Å². The first-order valence-electron chi connectivity index (χ1n) is 6.25. The van der Waals surface area contributed by atoms with Crippen molar-refractivity contribution in [2.24, 2.45) is 5.92 Å². The molecule has 5 nitrogen and oxygen atoms in total. The molecule has 1 atom stereocenters. The Morgan fingerprint density at radius 3 is 2.67 bits per heavy atom. The molecule has 0 fully saturated rings. The number of hydrogen-bond acceptors (Lipinski definition) is 4. The second-order valence-electron chi connectivity index (χ2n) is 5.37. The van der Waals surface area contributed by atoms with E-state index < -0.39 is 11.5 Å². The Bertz CT molecular complexity index is 410. The predicted molar refractivity (Wildman–Crippen MR) is 69.3 cm³/mol. The van der Waals surface area contributed by atoms with Gasteiger partial charge in [0, 0.05) is 17.4 Å². The number of aromatic nitrogens is 1. The van der Waals surface area contributed by atoms with Gasteiger partial charge in [-0.3, -0.25) is 10.1 Å². The minimum atomic E-state index is -0.503. The molecule has 1 aromatic heterocycles. The lowest BCUT2D eigenvalue weighted by molar-refractivity contribution is -0.119. The number of amides is 1. The van der Waals surface area contributed by atoms with Crippen LogP contribution in [0.4, 0.5) is 5.88 Å². The Morgan fingerprint density at radius 2 is 2.17 bits per heavy atom. The Labute approximate surface area is 108 Å². The zero-order chi connectivity index (χ0) is 13.9. The monoisotopic (exact) mass is 254 g/mol. The maximum Gasteiger partial charge on any atom is 0.231 e. The van der Waals surface area contributed by atoms with Crippen molar-refractivity contribution in [3.63, 3.8) is 0 Å². The van der Waals surface area contributed by atoms with Crippen LogP contribution in [0.1, 0.15) is 46.7 Å². The molecule has 1 unspecified atom stereocenters. The van der Waals surface area contributed by atoms with Crippen molar-refractivity contribution in [2.45, 2.75) is 52.6 Å². The van der Waals surface area contributed by atoms with Gasteiger partial charge in [-0.1, -0.05) is 39.8 Å². The summed E-state index contributed by atoms with van der Waals surface area (Å²) in [6, 6.07) is 1.67. The second-order valence-corrected chi connectivity index (χ2v) is 5.37. The summed E-state index contributed by atoms with van der Waals surface area (Å²) in [6.45, 7) is 9.31. The molecule has 102 valence electrons. The summed E-state index contributed by atoms with van der Waals surface area (Å²) in [5.74, 6) is 0.0828. The van der Waals surface area contributed by atoms with Crippen molar-refractivity contribution in [3.05, 3.63) is 11.8 Å². The largest absolute Gasteiger partial charge is 0.392 e. The van der Waals surface area contributed by atoms with Gasteiger partial charge >= 0.3 is 0 Å². The number of rotatable bonds is 5. The van der Waals surface area contributed by atoms with Crippen molar-refractivity contribution in [2.75, 3.05) is 5.32 Å². The maximum absolute atomic E-state index is 11.5. The molecule has 0 spiro atoms. The van der Waals surface area contributed by atoms with Gasteiger partial charge in [0.15, 0.2) is 0 Å². The third-order valence-corrected chi connectivity index (χ3v) is 3.16. The third kappa shape index (κ3) is 3.10. The van der Waals surface area contributed by atoms with E-state index in [-0.39, 0.29) is 11.8 Å². The van der Waals surface area contributed by atoms with E-state index in [0.29, 0.717) is 18.0 Å². The van der Waals surface area contributed by atoms with Gasteiger partial charge in [0.05, 0.1) is 11.8 Å². The zero-order valence-electron chi connectivity index (χ0n) is 11.7. The number of anilines is 1. The van der Waals surface area contributed by atoms with Crippen LogP contribution in [0.25, 0.3) is 0 Å². The molecule has 0 aliphatic heterocycles. The fraction of sp³-hybridized carbons (Fsp3) is 0.692. The number of nitrogens with zero attached hydrogens (tertiary/aromatic N) is 1. The summed E-state index contributed by atoms with van der Waals surface area (Å²) in [6.07, 6.45) is 0.129. The predicted octanol–water partition coefficient (Wildman–Crippen LogP) is 2.32. The first kappa shape index (κ1) is 14.7. The highest BCUT2D eigenvalue weighted by Crippen LogP contribution is 2.29. The molecule has 0 aliphatic carbocycles. The molecule has 18 heavy (non-hydrogen) atoms. The highest BCUT2D eigenvalue weighted by molar-refractivity contribution is 5.90. The molecule has 1 aromatic rings. The number of carbonyl (C=O) groups excluding carboxylic acids is 1. The second kappa shape index (κ2) is 5.52. The summed E-state index contributed by atoms with van der Waals surface area (Å²) >= 11 is 0. The van der Waals surface area contributed by atoms with Crippen LogP contribution in [0.2, 0.25) is 0 Å². The number of aliphatic hydroxyl groups is 1. The Morgan fingerprint density at radius 1 is 1.56 bits per heavy atom. The molecule has 5 heteroatoms. The van der Waals surface area contributed by atoms with Crippen LogP contribution in [0, 0.1) is 5.92 Å². The molecular weight excluding hydrogens is 232 g/mol. The highest BCUT2D eigenvalue weighted by atomic mass is 16.5. The van der Waals surface area contributed by atoms with Gasteiger partial charge in [0.25, 0.3) is 0 Å². The topological polar surface area (TPSA) is 75.4 Å². The van der Waals surface area contributed by atoms with Gasteiger partial charge < -0.3 is 9.63 Å². The van der Waals surface area contributed by atoms with Crippen LogP contribution in [0.15, 0.2) is 10.6 Å². The SMILES string of the molecule is CCC(O)C(C)(C)c1cc(NC(=O)C(C)C)on1. The molecule has 0 saturated carbocycles. The van der Waals surface area contributed by atoms with Crippen molar-refractivity contribution >= 4 is 11.8 Å². The van der Waals surface area contributed by atoms with Crippen LogP contribution in [-0.2, 0) is 10.2 Å². The Balaban J connectivity index is 2.83. The zero-order valence-corrected chi connectivity index (χ0v) is 11.7. The van der Waals surface area contributed by atoms with Crippen LogP contribution >= 0.6 is 0 Å². The molecular formula is C13H22N2O3. The Kier molecular flexibility index (Phi) is 4.51.